The number of nitrogens with zero attached hydrogens (tertiary/aromatic N) is 1. The number of rotatable bonds is 3. The van der Waals surface area contributed by atoms with Crippen LogP contribution in [0.3, 0.4) is 0 Å². The van der Waals surface area contributed by atoms with Gasteiger partial charge in [-0.15, -0.1) is 0 Å². The Morgan fingerprint density at radius 3 is 2.52 bits per heavy atom. The summed E-state index contributed by atoms with van der Waals surface area (Å²) in [6, 6.07) is 18.2. The number of ether oxygens (including phenoxy) is 1. The van der Waals surface area contributed by atoms with E-state index in [0.29, 0.717) is 32.7 Å². The van der Waals surface area contributed by atoms with E-state index in [-0.39, 0.29) is 5.91 Å². The standard InChI is InChI=1S/C19H21NO3/c21-18-13-20(10-11-23-14-18)19(22)12-15-6-8-17(9-7-15)16-4-2-1-3-5-16/h1-9,18,21H,10-14H2. The van der Waals surface area contributed by atoms with Gasteiger partial charge in [0.2, 0.25) is 5.91 Å². The summed E-state index contributed by atoms with van der Waals surface area (Å²) < 4.78 is 5.26. The highest BCUT2D eigenvalue weighted by Crippen LogP contribution is 2.19. The van der Waals surface area contributed by atoms with Gasteiger partial charge in [0, 0.05) is 13.1 Å². The summed E-state index contributed by atoms with van der Waals surface area (Å²) in [6.07, 6.45) is -0.246. The molecule has 1 unspecified atom stereocenters. The third-order valence-corrected chi connectivity index (χ3v) is 4.02. The molecule has 0 spiro atoms. The average molecular weight is 311 g/mol. The monoisotopic (exact) mass is 311 g/mol. The number of carbonyl (C=O) groups excluding carboxylic acids is 1. The maximum atomic E-state index is 12.4. The van der Waals surface area contributed by atoms with E-state index >= 15 is 0 Å². The lowest BCUT2D eigenvalue weighted by Crippen LogP contribution is -2.38. The van der Waals surface area contributed by atoms with Gasteiger partial charge in [-0.05, 0) is 16.7 Å². The molecule has 4 heteroatoms. The van der Waals surface area contributed by atoms with Crippen LogP contribution in [0.15, 0.2) is 54.6 Å². The van der Waals surface area contributed by atoms with E-state index in [1.165, 1.54) is 0 Å². The first kappa shape index (κ1) is 15.7. The largest absolute Gasteiger partial charge is 0.389 e. The first-order chi connectivity index (χ1) is 11.2. The quantitative estimate of drug-likeness (QED) is 0.944. The average Bonchev–Trinajstić information content (AvgIpc) is 2.81. The van der Waals surface area contributed by atoms with Gasteiger partial charge in [0.15, 0.2) is 0 Å². The molecular formula is C19H21NO3. The zero-order chi connectivity index (χ0) is 16.1. The molecule has 0 radical (unpaired) electrons. The molecule has 2 aromatic carbocycles. The minimum atomic E-state index is -0.595. The summed E-state index contributed by atoms with van der Waals surface area (Å²) >= 11 is 0. The third kappa shape index (κ3) is 4.18. The van der Waals surface area contributed by atoms with Crippen molar-refractivity contribution in [3.63, 3.8) is 0 Å². The fourth-order valence-electron chi connectivity index (χ4n) is 2.75. The van der Waals surface area contributed by atoms with Crippen LogP contribution < -0.4 is 0 Å². The SMILES string of the molecule is O=C(Cc1ccc(-c2ccccc2)cc1)N1CCOCC(O)C1. The van der Waals surface area contributed by atoms with Crippen LogP contribution in [0, 0.1) is 0 Å². The lowest BCUT2D eigenvalue weighted by atomic mass is 10.0. The van der Waals surface area contributed by atoms with Crippen molar-refractivity contribution in [1.29, 1.82) is 0 Å². The summed E-state index contributed by atoms with van der Waals surface area (Å²) in [5.74, 6) is 0.0296. The molecule has 1 N–H and O–H groups in total. The van der Waals surface area contributed by atoms with E-state index in [2.05, 4.69) is 12.1 Å². The number of carbonyl (C=O) groups is 1. The van der Waals surface area contributed by atoms with Crippen molar-refractivity contribution < 1.29 is 14.6 Å². The van der Waals surface area contributed by atoms with E-state index in [0.717, 1.165) is 16.7 Å². The number of aliphatic hydroxyl groups excluding tert-OH is 1. The minimum absolute atomic E-state index is 0.0296. The number of hydrogen-bond acceptors (Lipinski definition) is 3. The van der Waals surface area contributed by atoms with Crippen molar-refractivity contribution >= 4 is 5.91 Å². The fraction of sp³-hybridized carbons (Fsp3) is 0.316. The number of amides is 1. The molecule has 0 aliphatic carbocycles. The topological polar surface area (TPSA) is 49.8 Å². The Kier molecular flexibility index (Phi) is 5.05. The maximum absolute atomic E-state index is 12.4. The second-order valence-corrected chi connectivity index (χ2v) is 5.81. The summed E-state index contributed by atoms with van der Waals surface area (Å²) in [4.78, 5) is 14.1. The molecule has 1 saturated heterocycles. The molecule has 4 nitrogen and oxygen atoms in total. The molecule has 1 aliphatic rings. The van der Waals surface area contributed by atoms with Crippen LogP contribution in [-0.2, 0) is 16.0 Å². The summed E-state index contributed by atoms with van der Waals surface area (Å²) in [7, 11) is 0. The molecule has 23 heavy (non-hydrogen) atoms. The maximum Gasteiger partial charge on any atom is 0.227 e. The van der Waals surface area contributed by atoms with Crippen molar-refractivity contribution in [1.82, 2.24) is 4.90 Å². The van der Waals surface area contributed by atoms with Crippen LogP contribution in [0.2, 0.25) is 0 Å². The van der Waals surface area contributed by atoms with Crippen LogP contribution in [0.25, 0.3) is 11.1 Å². The highest BCUT2D eigenvalue weighted by molar-refractivity contribution is 5.79. The third-order valence-electron chi connectivity index (χ3n) is 4.02. The van der Waals surface area contributed by atoms with Crippen LogP contribution in [0.1, 0.15) is 5.56 Å². The second-order valence-electron chi connectivity index (χ2n) is 5.81. The van der Waals surface area contributed by atoms with E-state index in [1.54, 1.807) is 4.90 Å². The van der Waals surface area contributed by atoms with Crippen molar-refractivity contribution in [2.75, 3.05) is 26.3 Å². The summed E-state index contributed by atoms with van der Waals surface area (Å²) in [5.41, 5.74) is 3.29. The van der Waals surface area contributed by atoms with Crippen LogP contribution >= 0.6 is 0 Å². The Hall–Kier alpha value is -2.17. The summed E-state index contributed by atoms with van der Waals surface area (Å²) in [5, 5.41) is 9.72. The predicted molar refractivity (Wildman–Crippen MR) is 89.0 cm³/mol. The van der Waals surface area contributed by atoms with Gasteiger partial charge in [-0.3, -0.25) is 4.79 Å². The molecule has 1 fully saturated rings. The molecule has 0 bridgehead atoms. The number of β-amino-alcohol motifs (C(OH)–C–C–N with tert-alkyl or cyclic N) is 1. The van der Waals surface area contributed by atoms with Gasteiger partial charge < -0.3 is 14.7 Å². The number of benzene rings is 2. The number of hydrogen-bond donors (Lipinski definition) is 1. The molecule has 120 valence electrons. The molecule has 0 saturated carbocycles. The molecule has 2 aromatic rings. The Morgan fingerprint density at radius 2 is 1.78 bits per heavy atom. The fourth-order valence-corrected chi connectivity index (χ4v) is 2.75. The van der Waals surface area contributed by atoms with Gasteiger partial charge in [0.05, 0.1) is 25.7 Å². The van der Waals surface area contributed by atoms with E-state index in [9.17, 15) is 9.90 Å². The molecule has 1 aliphatic heterocycles. The molecule has 3 rings (SSSR count). The molecule has 1 heterocycles. The van der Waals surface area contributed by atoms with E-state index < -0.39 is 6.10 Å². The zero-order valence-corrected chi connectivity index (χ0v) is 13.0. The molecule has 0 aromatic heterocycles. The van der Waals surface area contributed by atoms with Gasteiger partial charge in [-0.1, -0.05) is 54.6 Å². The van der Waals surface area contributed by atoms with Crippen LogP contribution in [0.5, 0.6) is 0 Å². The number of aliphatic hydroxyl groups is 1. The first-order valence-corrected chi connectivity index (χ1v) is 7.90. The van der Waals surface area contributed by atoms with Gasteiger partial charge >= 0.3 is 0 Å². The minimum Gasteiger partial charge on any atom is -0.389 e. The van der Waals surface area contributed by atoms with Crippen molar-refractivity contribution in [2.45, 2.75) is 12.5 Å². The molecule has 1 atom stereocenters. The Balaban J connectivity index is 1.65. The molecule has 1 amide bonds. The van der Waals surface area contributed by atoms with E-state index in [4.69, 9.17) is 4.74 Å². The van der Waals surface area contributed by atoms with E-state index in [1.807, 2.05) is 42.5 Å². The smallest absolute Gasteiger partial charge is 0.227 e. The normalized spacial score (nSPS) is 18.5. The van der Waals surface area contributed by atoms with Gasteiger partial charge in [-0.2, -0.15) is 0 Å². The van der Waals surface area contributed by atoms with Crippen molar-refractivity contribution in [2.24, 2.45) is 0 Å². The Morgan fingerprint density at radius 1 is 1.09 bits per heavy atom. The Labute approximate surface area is 136 Å². The lowest BCUT2D eigenvalue weighted by Gasteiger charge is -2.21. The zero-order valence-electron chi connectivity index (χ0n) is 13.0. The van der Waals surface area contributed by atoms with Crippen LogP contribution in [0.4, 0.5) is 0 Å². The molecular weight excluding hydrogens is 290 g/mol. The second kappa shape index (κ2) is 7.40. The van der Waals surface area contributed by atoms with Crippen molar-refractivity contribution in [3.05, 3.63) is 60.2 Å². The predicted octanol–water partition coefficient (Wildman–Crippen LogP) is 2.12. The first-order valence-electron chi connectivity index (χ1n) is 7.90. The highest BCUT2D eigenvalue weighted by atomic mass is 16.5. The van der Waals surface area contributed by atoms with Crippen molar-refractivity contribution in [3.8, 4) is 11.1 Å². The van der Waals surface area contributed by atoms with Gasteiger partial charge in [0.1, 0.15) is 0 Å². The van der Waals surface area contributed by atoms with Gasteiger partial charge in [-0.25, -0.2) is 0 Å². The Bertz CT molecular complexity index is 639. The summed E-state index contributed by atoms with van der Waals surface area (Å²) in [6.45, 7) is 1.67. The van der Waals surface area contributed by atoms with Gasteiger partial charge in [0.25, 0.3) is 0 Å². The lowest BCUT2D eigenvalue weighted by molar-refractivity contribution is -0.131. The highest BCUT2D eigenvalue weighted by Gasteiger charge is 2.20. The van der Waals surface area contributed by atoms with Crippen LogP contribution in [-0.4, -0.2) is 48.3 Å².